The Balaban J connectivity index is 0.00000128. The van der Waals surface area contributed by atoms with Crippen LogP contribution in [0.4, 0.5) is 0 Å². The summed E-state index contributed by atoms with van der Waals surface area (Å²) in [6.45, 7) is 1.20. The molecular weight excluding hydrogens is 218 g/mol. The van der Waals surface area contributed by atoms with E-state index < -0.39 is 0 Å². The number of piperidine rings is 1. The van der Waals surface area contributed by atoms with Gasteiger partial charge in [-0.15, -0.1) is 12.4 Å². The minimum absolute atomic E-state index is 0. The molecule has 1 atom stereocenters. The summed E-state index contributed by atoms with van der Waals surface area (Å²) in [5.74, 6) is 0. The highest BCUT2D eigenvalue weighted by Gasteiger charge is 2.09. The van der Waals surface area contributed by atoms with Crippen molar-refractivity contribution in [1.82, 2.24) is 5.32 Å². The first-order valence-corrected chi connectivity index (χ1v) is 5.90. The molecule has 1 aliphatic rings. The highest BCUT2D eigenvalue weighted by molar-refractivity contribution is 5.85. The molecule has 0 saturated carbocycles. The van der Waals surface area contributed by atoms with Gasteiger partial charge in [-0.2, -0.15) is 0 Å². The van der Waals surface area contributed by atoms with E-state index in [4.69, 9.17) is 0 Å². The van der Waals surface area contributed by atoms with Crippen LogP contribution in [0.3, 0.4) is 0 Å². The molecule has 16 heavy (non-hydrogen) atoms. The monoisotopic (exact) mass is 237 g/mol. The maximum Gasteiger partial charge on any atom is 0.0102 e. The van der Waals surface area contributed by atoms with Crippen molar-refractivity contribution >= 4 is 18.5 Å². The summed E-state index contributed by atoms with van der Waals surface area (Å²) >= 11 is 0. The van der Waals surface area contributed by atoms with Crippen LogP contribution < -0.4 is 5.32 Å². The van der Waals surface area contributed by atoms with Gasteiger partial charge in [0.25, 0.3) is 0 Å². The van der Waals surface area contributed by atoms with E-state index in [2.05, 4.69) is 47.8 Å². The molecule has 1 fully saturated rings. The molecule has 0 amide bonds. The molecule has 88 valence electrons. The SMILES string of the molecule is C(=C\c1ccccc1)/CC1CCCCN1.Cl. The number of rotatable bonds is 3. The highest BCUT2D eigenvalue weighted by Crippen LogP contribution is 2.11. The number of hydrogen-bond donors (Lipinski definition) is 1. The molecule has 0 bridgehead atoms. The third kappa shape index (κ3) is 4.38. The molecule has 1 aromatic carbocycles. The van der Waals surface area contributed by atoms with E-state index in [9.17, 15) is 0 Å². The van der Waals surface area contributed by atoms with E-state index in [0.717, 1.165) is 6.42 Å². The minimum atomic E-state index is 0. The molecule has 1 aliphatic heterocycles. The van der Waals surface area contributed by atoms with Crippen molar-refractivity contribution in [3.05, 3.63) is 42.0 Å². The van der Waals surface area contributed by atoms with E-state index in [1.165, 1.54) is 31.4 Å². The molecule has 0 spiro atoms. The third-order valence-corrected chi connectivity index (χ3v) is 2.94. The normalized spacial score (nSPS) is 20.6. The summed E-state index contributed by atoms with van der Waals surface area (Å²) in [5.41, 5.74) is 1.30. The van der Waals surface area contributed by atoms with Crippen molar-refractivity contribution in [3.8, 4) is 0 Å². The summed E-state index contributed by atoms with van der Waals surface area (Å²) in [6.07, 6.45) is 9.73. The van der Waals surface area contributed by atoms with Gasteiger partial charge in [-0.05, 0) is 31.4 Å². The molecule has 0 radical (unpaired) electrons. The fourth-order valence-corrected chi connectivity index (χ4v) is 2.06. The van der Waals surface area contributed by atoms with Crippen LogP contribution in [0.5, 0.6) is 0 Å². The van der Waals surface area contributed by atoms with Crippen LogP contribution in [0.2, 0.25) is 0 Å². The number of benzene rings is 1. The van der Waals surface area contributed by atoms with Gasteiger partial charge >= 0.3 is 0 Å². The van der Waals surface area contributed by atoms with Crippen molar-refractivity contribution in [2.75, 3.05) is 6.54 Å². The second-order valence-electron chi connectivity index (χ2n) is 4.20. The van der Waals surface area contributed by atoms with Crippen molar-refractivity contribution in [2.45, 2.75) is 31.7 Å². The molecular formula is C14H20ClN. The summed E-state index contributed by atoms with van der Waals surface area (Å²) < 4.78 is 0. The fraction of sp³-hybridized carbons (Fsp3) is 0.429. The van der Waals surface area contributed by atoms with Crippen LogP contribution in [-0.4, -0.2) is 12.6 Å². The Bertz CT molecular complexity index is 302. The van der Waals surface area contributed by atoms with E-state index in [1.54, 1.807) is 0 Å². The molecule has 1 nitrogen and oxygen atoms in total. The Kier molecular flexibility index (Phi) is 6.20. The first-order valence-electron chi connectivity index (χ1n) is 5.90. The predicted octanol–water partition coefficient (Wildman–Crippen LogP) is 3.65. The second-order valence-corrected chi connectivity index (χ2v) is 4.20. The average molecular weight is 238 g/mol. The Labute approximate surface area is 104 Å². The number of halogens is 1. The van der Waals surface area contributed by atoms with Gasteiger partial charge in [0.2, 0.25) is 0 Å². The van der Waals surface area contributed by atoms with E-state index >= 15 is 0 Å². The van der Waals surface area contributed by atoms with Crippen molar-refractivity contribution in [1.29, 1.82) is 0 Å². The van der Waals surface area contributed by atoms with E-state index in [1.807, 2.05) is 0 Å². The zero-order valence-electron chi connectivity index (χ0n) is 9.56. The van der Waals surface area contributed by atoms with E-state index in [0.29, 0.717) is 6.04 Å². The molecule has 0 aromatic heterocycles. The summed E-state index contributed by atoms with van der Waals surface area (Å²) in [7, 11) is 0. The second kappa shape index (κ2) is 7.48. The molecule has 1 saturated heterocycles. The van der Waals surface area contributed by atoms with Gasteiger partial charge in [0.05, 0.1) is 0 Å². The lowest BCUT2D eigenvalue weighted by molar-refractivity contribution is 0.404. The smallest absolute Gasteiger partial charge is 0.0102 e. The lowest BCUT2D eigenvalue weighted by Gasteiger charge is -2.21. The van der Waals surface area contributed by atoms with Gasteiger partial charge in [0, 0.05) is 6.04 Å². The van der Waals surface area contributed by atoms with Gasteiger partial charge in [-0.3, -0.25) is 0 Å². The van der Waals surface area contributed by atoms with Crippen LogP contribution in [0, 0.1) is 0 Å². The highest BCUT2D eigenvalue weighted by atomic mass is 35.5. The van der Waals surface area contributed by atoms with Gasteiger partial charge in [0.15, 0.2) is 0 Å². The van der Waals surface area contributed by atoms with Gasteiger partial charge in [-0.1, -0.05) is 48.9 Å². The topological polar surface area (TPSA) is 12.0 Å². The maximum atomic E-state index is 3.55. The molecule has 0 aliphatic carbocycles. The van der Waals surface area contributed by atoms with Crippen molar-refractivity contribution in [3.63, 3.8) is 0 Å². The van der Waals surface area contributed by atoms with Crippen LogP contribution >= 0.6 is 12.4 Å². The van der Waals surface area contributed by atoms with Crippen LogP contribution in [-0.2, 0) is 0 Å². The van der Waals surface area contributed by atoms with Crippen molar-refractivity contribution < 1.29 is 0 Å². The molecule has 1 aromatic rings. The van der Waals surface area contributed by atoms with Gasteiger partial charge in [0.1, 0.15) is 0 Å². The molecule has 2 rings (SSSR count). The maximum absolute atomic E-state index is 3.55. The summed E-state index contributed by atoms with van der Waals surface area (Å²) in [5, 5.41) is 3.55. The Morgan fingerprint density at radius 3 is 2.69 bits per heavy atom. The summed E-state index contributed by atoms with van der Waals surface area (Å²) in [6, 6.07) is 11.2. The number of nitrogens with one attached hydrogen (secondary N) is 1. The largest absolute Gasteiger partial charge is 0.314 e. The molecule has 1 N–H and O–H groups in total. The quantitative estimate of drug-likeness (QED) is 0.846. The van der Waals surface area contributed by atoms with Crippen LogP contribution in [0.25, 0.3) is 6.08 Å². The van der Waals surface area contributed by atoms with Gasteiger partial charge in [-0.25, -0.2) is 0 Å². The lowest BCUT2D eigenvalue weighted by Crippen LogP contribution is -2.33. The average Bonchev–Trinajstić information content (AvgIpc) is 2.32. The molecule has 2 heteroatoms. The van der Waals surface area contributed by atoms with Crippen LogP contribution in [0.1, 0.15) is 31.2 Å². The fourth-order valence-electron chi connectivity index (χ4n) is 2.06. The van der Waals surface area contributed by atoms with Crippen LogP contribution in [0.15, 0.2) is 36.4 Å². The predicted molar refractivity (Wildman–Crippen MR) is 73.0 cm³/mol. The first kappa shape index (κ1) is 13.3. The first-order chi connectivity index (χ1) is 7.45. The number of hydrogen-bond acceptors (Lipinski definition) is 1. The minimum Gasteiger partial charge on any atom is -0.314 e. The Hall–Kier alpha value is -0.790. The Morgan fingerprint density at radius 1 is 1.19 bits per heavy atom. The molecule has 1 heterocycles. The zero-order chi connectivity index (χ0) is 10.3. The van der Waals surface area contributed by atoms with Gasteiger partial charge < -0.3 is 5.32 Å². The van der Waals surface area contributed by atoms with E-state index in [-0.39, 0.29) is 12.4 Å². The summed E-state index contributed by atoms with van der Waals surface area (Å²) in [4.78, 5) is 0. The van der Waals surface area contributed by atoms with Crippen molar-refractivity contribution in [2.24, 2.45) is 0 Å². The molecule has 1 unspecified atom stereocenters. The third-order valence-electron chi connectivity index (χ3n) is 2.94. The zero-order valence-corrected chi connectivity index (χ0v) is 10.4. The standard InChI is InChI=1S/C14H19N.ClH/c1-2-7-13(8-3-1)9-6-11-14-10-4-5-12-15-14;/h1-3,6-9,14-15H,4-5,10-12H2;1H/b9-6+;. The Morgan fingerprint density at radius 2 is 2.00 bits per heavy atom. The lowest BCUT2D eigenvalue weighted by atomic mass is 10.0.